The number of nitrogens with zero attached hydrogens (tertiary/aromatic N) is 1. The molecule has 1 heterocycles. The Balaban J connectivity index is 0.00000128. The van der Waals surface area contributed by atoms with Crippen LogP contribution in [0.25, 0.3) is 10.8 Å². The van der Waals surface area contributed by atoms with E-state index in [2.05, 4.69) is 17.1 Å². The molecule has 0 unspecified atom stereocenters. The van der Waals surface area contributed by atoms with Gasteiger partial charge < -0.3 is 8.85 Å². The minimum absolute atomic E-state index is 0. The second-order valence-electron chi connectivity index (χ2n) is 3.22. The number of aromatic nitrogens is 1. The number of pyridine rings is 1. The van der Waals surface area contributed by atoms with E-state index in [1.807, 2.05) is 18.2 Å². The average Bonchev–Trinajstić information content (AvgIpc) is 2.31. The highest BCUT2D eigenvalue weighted by atomic mass is 28.3. The molecule has 15 heavy (non-hydrogen) atoms. The molecule has 1 aromatic carbocycles. The van der Waals surface area contributed by atoms with Crippen LogP contribution in [0.4, 0.5) is 0 Å². The smallest absolute Gasteiger partial charge is 0.396 e. The molecule has 1 aromatic heterocycles. The molecular formula is C11H14NO2Si+. The van der Waals surface area contributed by atoms with E-state index in [4.69, 9.17) is 8.85 Å². The zero-order valence-electron chi connectivity index (χ0n) is 9.81. The number of hydrogen-bond donors (Lipinski definition) is 0. The highest BCUT2D eigenvalue weighted by molar-refractivity contribution is 6.63. The molecule has 0 atom stereocenters. The van der Waals surface area contributed by atoms with Gasteiger partial charge in [0.1, 0.15) is 0 Å². The normalized spacial score (nSPS) is 11.1. The van der Waals surface area contributed by atoms with E-state index < -0.39 is 9.28 Å². The van der Waals surface area contributed by atoms with E-state index in [0.29, 0.717) is 0 Å². The van der Waals surface area contributed by atoms with Crippen LogP contribution in [0, 0.1) is 0 Å². The summed E-state index contributed by atoms with van der Waals surface area (Å²) >= 11 is 0. The van der Waals surface area contributed by atoms with E-state index in [9.17, 15) is 0 Å². The molecule has 2 rings (SSSR count). The van der Waals surface area contributed by atoms with Crippen molar-refractivity contribution >= 4 is 25.4 Å². The average molecular weight is 220 g/mol. The van der Waals surface area contributed by atoms with Crippen LogP contribution in [-0.4, -0.2) is 28.5 Å². The minimum Gasteiger partial charge on any atom is -0.396 e. The van der Waals surface area contributed by atoms with Crippen molar-refractivity contribution in [3.8, 4) is 0 Å². The number of benzene rings is 1. The van der Waals surface area contributed by atoms with Gasteiger partial charge in [0.25, 0.3) is 0 Å². The van der Waals surface area contributed by atoms with Gasteiger partial charge in [-0.15, -0.1) is 0 Å². The molecule has 0 aliphatic rings. The lowest BCUT2D eigenvalue weighted by Crippen LogP contribution is -2.37. The molecule has 4 heteroatoms. The van der Waals surface area contributed by atoms with Crippen molar-refractivity contribution in [2.75, 3.05) is 14.2 Å². The topological polar surface area (TPSA) is 31.4 Å². The molecule has 0 saturated heterocycles. The predicted molar refractivity (Wildman–Crippen MR) is 63.7 cm³/mol. The fourth-order valence-electron chi connectivity index (χ4n) is 1.65. The van der Waals surface area contributed by atoms with Crippen LogP contribution in [0.3, 0.4) is 0 Å². The Kier molecular flexibility index (Phi) is 3.10. The van der Waals surface area contributed by atoms with Crippen molar-refractivity contribution in [3.05, 3.63) is 36.5 Å². The summed E-state index contributed by atoms with van der Waals surface area (Å²) in [7, 11) is 1.53. The molecule has 0 bridgehead atoms. The Morgan fingerprint density at radius 2 is 1.87 bits per heavy atom. The van der Waals surface area contributed by atoms with Crippen LogP contribution in [0.15, 0.2) is 36.5 Å². The molecule has 3 nitrogen and oxygen atoms in total. The first kappa shape index (κ1) is 10.3. The van der Waals surface area contributed by atoms with Gasteiger partial charge in [0.2, 0.25) is 0 Å². The van der Waals surface area contributed by atoms with Gasteiger partial charge in [-0.1, -0.05) is 24.3 Å². The third kappa shape index (κ3) is 1.92. The Labute approximate surface area is 92.0 Å². The molecule has 0 N–H and O–H groups in total. The van der Waals surface area contributed by atoms with Crippen LogP contribution >= 0.6 is 0 Å². The van der Waals surface area contributed by atoms with Crippen molar-refractivity contribution in [1.82, 2.24) is 4.98 Å². The molecule has 0 radical (unpaired) electrons. The summed E-state index contributed by atoms with van der Waals surface area (Å²) in [6, 6.07) is 10.1. The fourth-order valence-corrected chi connectivity index (χ4v) is 3.01. The quantitative estimate of drug-likeness (QED) is 0.725. The number of rotatable bonds is 3. The second kappa shape index (κ2) is 4.52. The molecular weight excluding hydrogens is 206 g/mol. The van der Waals surface area contributed by atoms with E-state index >= 15 is 0 Å². The summed E-state index contributed by atoms with van der Waals surface area (Å²) in [5, 5.41) is 3.26. The first-order valence-corrected chi connectivity index (χ1v) is 6.28. The van der Waals surface area contributed by atoms with Crippen molar-refractivity contribution in [2.45, 2.75) is 0 Å². The molecule has 0 spiro atoms. The van der Waals surface area contributed by atoms with Gasteiger partial charge >= 0.3 is 10.7 Å². The van der Waals surface area contributed by atoms with Crippen molar-refractivity contribution < 1.29 is 10.3 Å². The molecule has 2 aromatic rings. The molecule has 0 aliphatic carbocycles. The highest BCUT2D eigenvalue weighted by Gasteiger charge is 2.17. The van der Waals surface area contributed by atoms with Gasteiger partial charge in [-0.25, -0.2) is 0 Å². The standard InChI is InChI=1S/C11H13NO2Si/c1-13-15(14-2)11-10-6-4-3-5-9(10)7-8-12-11/h3-8,15H,1-2H3/p+1. The highest BCUT2D eigenvalue weighted by Crippen LogP contribution is 2.10. The Hall–Kier alpha value is -1.23. The van der Waals surface area contributed by atoms with Gasteiger partial charge in [-0.05, 0) is 11.5 Å². The SMILES string of the molecule is CO[SiH](OC)c1nccc2ccccc12.[H+]. The molecule has 0 aliphatic heterocycles. The lowest BCUT2D eigenvalue weighted by molar-refractivity contribution is 0.291. The summed E-state index contributed by atoms with van der Waals surface area (Å²) in [5.74, 6) is 0. The van der Waals surface area contributed by atoms with Crippen LogP contribution in [0.1, 0.15) is 1.43 Å². The van der Waals surface area contributed by atoms with Crippen molar-refractivity contribution in [2.24, 2.45) is 0 Å². The summed E-state index contributed by atoms with van der Waals surface area (Å²) in [6.07, 6.45) is 1.80. The first-order valence-electron chi connectivity index (χ1n) is 4.76. The first-order chi connectivity index (χ1) is 7.36. The van der Waals surface area contributed by atoms with E-state index in [1.54, 1.807) is 20.4 Å². The summed E-state index contributed by atoms with van der Waals surface area (Å²) < 4.78 is 10.7. The van der Waals surface area contributed by atoms with Gasteiger partial charge in [-0.2, -0.15) is 0 Å². The maximum Gasteiger partial charge on any atom is 1.00 e. The summed E-state index contributed by atoms with van der Waals surface area (Å²) in [6.45, 7) is 0. The molecule has 0 amide bonds. The maximum absolute atomic E-state index is 5.35. The third-order valence-electron chi connectivity index (χ3n) is 2.36. The van der Waals surface area contributed by atoms with E-state index in [1.165, 1.54) is 5.39 Å². The van der Waals surface area contributed by atoms with Crippen LogP contribution in [0.5, 0.6) is 0 Å². The minimum atomic E-state index is -1.81. The third-order valence-corrected chi connectivity index (χ3v) is 4.12. The molecule has 0 saturated carbocycles. The summed E-state index contributed by atoms with van der Waals surface area (Å²) in [4.78, 5) is 4.36. The van der Waals surface area contributed by atoms with E-state index in [0.717, 1.165) is 10.7 Å². The lowest BCUT2D eigenvalue weighted by Gasteiger charge is -2.12. The molecule has 78 valence electrons. The van der Waals surface area contributed by atoms with Gasteiger partial charge in [0, 0.05) is 25.8 Å². The van der Waals surface area contributed by atoms with Crippen LogP contribution in [0.2, 0.25) is 0 Å². The maximum atomic E-state index is 5.35. The number of fused-ring (bicyclic) bond motifs is 1. The van der Waals surface area contributed by atoms with Crippen molar-refractivity contribution in [3.63, 3.8) is 0 Å². The monoisotopic (exact) mass is 220 g/mol. The van der Waals surface area contributed by atoms with E-state index in [-0.39, 0.29) is 1.43 Å². The second-order valence-corrected chi connectivity index (χ2v) is 5.37. The molecule has 0 fully saturated rings. The van der Waals surface area contributed by atoms with Gasteiger partial charge in [-0.3, -0.25) is 4.98 Å². The van der Waals surface area contributed by atoms with Crippen molar-refractivity contribution in [1.29, 1.82) is 0 Å². The number of hydrogen-bond acceptors (Lipinski definition) is 3. The largest absolute Gasteiger partial charge is 1.00 e. The lowest BCUT2D eigenvalue weighted by atomic mass is 10.2. The fraction of sp³-hybridized carbons (Fsp3) is 0.182. The Bertz CT molecular complexity index is 457. The Morgan fingerprint density at radius 3 is 2.60 bits per heavy atom. The Morgan fingerprint density at radius 1 is 1.13 bits per heavy atom. The van der Waals surface area contributed by atoms with Crippen LogP contribution in [-0.2, 0) is 8.85 Å². The van der Waals surface area contributed by atoms with Gasteiger partial charge in [0.05, 0.1) is 5.32 Å². The predicted octanol–water partition coefficient (Wildman–Crippen LogP) is 1.07. The summed E-state index contributed by atoms with van der Waals surface area (Å²) in [5.41, 5.74) is 0. The van der Waals surface area contributed by atoms with Gasteiger partial charge in [0.15, 0.2) is 0 Å². The zero-order chi connectivity index (χ0) is 10.7. The zero-order valence-corrected chi connectivity index (χ0v) is 9.96. The van der Waals surface area contributed by atoms with Crippen LogP contribution < -0.4 is 5.32 Å².